The van der Waals surface area contributed by atoms with Crippen molar-refractivity contribution in [2.75, 3.05) is 37.7 Å². The molecular weight excluding hydrogens is 248 g/mol. The second kappa shape index (κ2) is 6.59. The second-order valence-corrected chi connectivity index (χ2v) is 6.22. The van der Waals surface area contributed by atoms with Gasteiger partial charge in [-0.05, 0) is 36.8 Å². The second-order valence-electron chi connectivity index (χ2n) is 6.22. The molecule has 2 aliphatic rings. The zero-order valence-corrected chi connectivity index (χ0v) is 12.5. The number of benzene rings is 1. The van der Waals surface area contributed by atoms with Gasteiger partial charge in [0.25, 0.3) is 0 Å². The maximum absolute atomic E-state index is 5.41. The smallest absolute Gasteiger partial charge is 0.0480 e. The molecule has 3 rings (SSSR count). The van der Waals surface area contributed by atoms with Gasteiger partial charge in [0, 0.05) is 44.6 Å². The highest BCUT2D eigenvalue weighted by atomic mass is 16.5. The summed E-state index contributed by atoms with van der Waals surface area (Å²) in [6.45, 7) is 7.56. The lowest BCUT2D eigenvalue weighted by Crippen LogP contribution is -2.42. The minimum absolute atomic E-state index is 0.654. The Bertz CT molecular complexity index is 429. The number of hydrogen-bond acceptors (Lipinski definition) is 3. The maximum atomic E-state index is 5.41. The van der Waals surface area contributed by atoms with E-state index in [2.05, 4.69) is 41.4 Å². The van der Waals surface area contributed by atoms with Gasteiger partial charge >= 0.3 is 0 Å². The van der Waals surface area contributed by atoms with Crippen molar-refractivity contribution in [3.05, 3.63) is 29.8 Å². The average Bonchev–Trinajstić information content (AvgIpc) is 2.48. The van der Waals surface area contributed by atoms with Crippen LogP contribution < -0.4 is 10.2 Å². The van der Waals surface area contributed by atoms with E-state index in [-0.39, 0.29) is 0 Å². The first-order chi connectivity index (χ1) is 9.83. The van der Waals surface area contributed by atoms with Gasteiger partial charge in [-0.3, -0.25) is 0 Å². The third-order valence-electron chi connectivity index (χ3n) is 4.47. The van der Waals surface area contributed by atoms with Gasteiger partial charge < -0.3 is 15.0 Å². The summed E-state index contributed by atoms with van der Waals surface area (Å²) in [6, 6.07) is 9.53. The van der Waals surface area contributed by atoms with Crippen molar-refractivity contribution in [1.29, 1.82) is 0 Å². The Hall–Kier alpha value is -1.06. The Morgan fingerprint density at radius 1 is 1.25 bits per heavy atom. The van der Waals surface area contributed by atoms with Crippen molar-refractivity contribution < 1.29 is 4.74 Å². The molecule has 0 amide bonds. The predicted molar refractivity (Wildman–Crippen MR) is 83.4 cm³/mol. The molecule has 0 spiro atoms. The Kier molecular flexibility index (Phi) is 4.58. The van der Waals surface area contributed by atoms with Gasteiger partial charge in [0.2, 0.25) is 0 Å². The Balaban J connectivity index is 1.54. The fraction of sp³-hybridized carbons (Fsp3) is 0.647. The number of ether oxygens (including phenoxy) is 1. The zero-order valence-electron chi connectivity index (χ0n) is 12.5. The summed E-state index contributed by atoms with van der Waals surface area (Å²) in [4.78, 5) is 2.55. The van der Waals surface area contributed by atoms with Gasteiger partial charge in [-0.15, -0.1) is 0 Å². The summed E-state index contributed by atoms with van der Waals surface area (Å²) in [6.07, 6.45) is 3.54. The summed E-state index contributed by atoms with van der Waals surface area (Å²) in [5, 5.41) is 3.69. The van der Waals surface area contributed by atoms with Crippen LogP contribution in [0.5, 0.6) is 0 Å². The molecule has 20 heavy (non-hydrogen) atoms. The lowest BCUT2D eigenvalue weighted by atomic mass is 9.94. The summed E-state index contributed by atoms with van der Waals surface area (Å²) in [5.41, 5.74) is 2.96. The van der Waals surface area contributed by atoms with Crippen LogP contribution in [0.4, 0.5) is 5.69 Å². The molecule has 3 nitrogen and oxygen atoms in total. The molecule has 0 bridgehead atoms. The molecule has 1 N–H and O–H groups in total. The number of nitrogens with zero attached hydrogens (tertiary/aromatic N) is 1. The first-order valence-electron chi connectivity index (χ1n) is 7.97. The first-order valence-corrected chi connectivity index (χ1v) is 7.97. The normalized spacial score (nSPS) is 23.6. The van der Waals surface area contributed by atoms with E-state index < -0.39 is 0 Å². The van der Waals surface area contributed by atoms with Gasteiger partial charge in [0.15, 0.2) is 0 Å². The molecule has 1 atom stereocenters. The van der Waals surface area contributed by atoms with Crippen molar-refractivity contribution in [3.63, 3.8) is 0 Å². The van der Waals surface area contributed by atoms with Crippen molar-refractivity contribution >= 4 is 5.69 Å². The average molecular weight is 274 g/mol. The van der Waals surface area contributed by atoms with Crippen molar-refractivity contribution in [1.82, 2.24) is 5.32 Å². The highest BCUT2D eigenvalue weighted by Gasteiger charge is 2.21. The third kappa shape index (κ3) is 3.33. The molecule has 0 aromatic heterocycles. The molecule has 110 valence electrons. The van der Waals surface area contributed by atoms with Gasteiger partial charge in [0.1, 0.15) is 0 Å². The number of hydrogen-bond donors (Lipinski definition) is 1. The zero-order chi connectivity index (χ0) is 13.8. The van der Waals surface area contributed by atoms with E-state index in [9.17, 15) is 0 Å². The Labute approximate surface area is 122 Å². The lowest BCUT2D eigenvalue weighted by molar-refractivity contribution is 0.0783. The van der Waals surface area contributed by atoms with E-state index in [1.165, 1.54) is 24.2 Å². The number of anilines is 1. The third-order valence-corrected chi connectivity index (χ3v) is 4.47. The fourth-order valence-electron chi connectivity index (χ4n) is 3.42. The van der Waals surface area contributed by atoms with Crippen molar-refractivity contribution in [2.24, 2.45) is 5.92 Å². The summed E-state index contributed by atoms with van der Waals surface area (Å²) in [7, 11) is 0. The van der Waals surface area contributed by atoms with Gasteiger partial charge in [0.05, 0.1) is 0 Å². The minimum Gasteiger partial charge on any atom is -0.381 e. The van der Waals surface area contributed by atoms with Crippen molar-refractivity contribution in [2.45, 2.75) is 32.2 Å². The van der Waals surface area contributed by atoms with Crippen LogP contribution in [0.3, 0.4) is 0 Å². The summed E-state index contributed by atoms with van der Waals surface area (Å²) in [5.74, 6) is 0.757. The Morgan fingerprint density at radius 2 is 2.05 bits per heavy atom. The molecule has 1 saturated heterocycles. The highest BCUT2D eigenvalue weighted by molar-refractivity contribution is 5.55. The van der Waals surface area contributed by atoms with Crippen LogP contribution in [0.25, 0.3) is 0 Å². The highest BCUT2D eigenvalue weighted by Crippen LogP contribution is 2.28. The van der Waals surface area contributed by atoms with Crippen LogP contribution in [0.2, 0.25) is 0 Å². The summed E-state index contributed by atoms with van der Waals surface area (Å²) >= 11 is 0. The topological polar surface area (TPSA) is 24.5 Å². The first kappa shape index (κ1) is 13.9. The fourth-order valence-corrected chi connectivity index (χ4v) is 3.42. The van der Waals surface area contributed by atoms with Crippen molar-refractivity contribution in [3.8, 4) is 0 Å². The minimum atomic E-state index is 0.654. The van der Waals surface area contributed by atoms with E-state index in [1.807, 2.05) is 0 Å². The quantitative estimate of drug-likeness (QED) is 0.913. The van der Waals surface area contributed by atoms with Crippen LogP contribution in [0.1, 0.15) is 25.3 Å². The van der Waals surface area contributed by atoms with E-state index >= 15 is 0 Å². The molecular formula is C17H26N2O. The van der Waals surface area contributed by atoms with Crippen LogP contribution in [-0.4, -0.2) is 38.9 Å². The Morgan fingerprint density at radius 3 is 2.90 bits per heavy atom. The molecule has 1 aromatic rings. The number of fused-ring (bicyclic) bond motifs is 1. The van der Waals surface area contributed by atoms with E-state index in [0.29, 0.717) is 6.04 Å². The SMILES string of the molecule is CC1Cc2ccccc2N(CCNC2CCOCC2)C1. The van der Waals surface area contributed by atoms with Gasteiger partial charge in [-0.1, -0.05) is 25.1 Å². The van der Waals surface area contributed by atoms with Crippen LogP contribution >= 0.6 is 0 Å². The van der Waals surface area contributed by atoms with Gasteiger partial charge in [-0.25, -0.2) is 0 Å². The van der Waals surface area contributed by atoms with E-state index in [0.717, 1.165) is 45.1 Å². The van der Waals surface area contributed by atoms with Crippen LogP contribution in [-0.2, 0) is 11.2 Å². The molecule has 2 heterocycles. The molecule has 0 saturated carbocycles. The van der Waals surface area contributed by atoms with Crippen LogP contribution in [0, 0.1) is 5.92 Å². The van der Waals surface area contributed by atoms with Crippen LogP contribution in [0.15, 0.2) is 24.3 Å². The molecule has 1 aromatic carbocycles. The standard InChI is InChI=1S/C17H26N2O/c1-14-12-15-4-2-3-5-17(15)19(13-14)9-8-18-16-6-10-20-11-7-16/h2-5,14,16,18H,6-13H2,1H3. The van der Waals surface area contributed by atoms with E-state index in [1.54, 1.807) is 0 Å². The molecule has 0 radical (unpaired) electrons. The van der Waals surface area contributed by atoms with E-state index in [4.69, 9.17) is 4.74 Å². The molecule has 0 aliphatic carbocycles. The van der Waals surface area contributed by atoms with Gasteiger partial charge in [-0.2, -0.15) is 0 Å². The summed E-state index contributed by atoms with van der Waals surface area (Å²) < 4.78 is 5.41. The largest absolute Gasteiger partial charge is 0.381 e. The molecule has 3 heteroatoms. The predicted octanol–water partition coefficient (Wildman–Crippen LogP) is 2.45. The molecule has 2 aliphatic heterocycles. The number of nitrogens with one attached hydrogen (secondary N) is 1. The maximum Gasteiger partial charge on any atom is 0.0480 e. The molecule has 1 unspecified atom stereocenters. The molecule has 1 fully saturated rings. The number of para-hydroxylation sites is 1. The monoisotopic (exact) mass is 274 g/mol. The lowest BCUT2D eigenvalue weighted by Gasteiger charge is -2.35. The number of rotatable bonds is 4.